The molecule has 1 N–H and O–H groups in total. The SMILES string of the molecule is COC(=O)CCC(C)C1CCC2C3C(O)C[C@@H]4CC(=O)CC[C@]4(C)C3C[C@H](OC(=O)c3ccccc3)[C@]12C. The Bertz CT molecular complexity index is 1050. The third kappa shape index (κ3) is 4.51. The zero-order valence-electron chi connectivity index (χ0n) is 23.4. The molecule has 4 aliphatic rings. The molecule has 0 aliphatic heterocycles. The summed E-state index contributed by atoms with van der Waals surface area (Å²) >= 11 is 0. The number of rotatable bonds is 6. The first kappa shape index (κ1) is 27.4. The van der Waals surface area contributed by atoms with Crippen LogP contribution < -0.4 is 0 Å². The molecule has 0 saturated heterocycles. The largest absolute Gasteiger partial charge is 0.469 e. The molecule has 1 aromatic rings. The second-order valence-corrected chi connectivity index (χ2v) is 13.2. The number of carbonyl (C=O) groups excluding carboxylic acids is 3. The highest BCUT2D eigenvalue weighted by atomic mass is 16.5. The highest BCUT2D eigenvalue weighted by Crippen LogP contribution is 2.68. The van der Waals surface area contributed by atoms with E-state index in [0.29, 0.717) is 43.5 Å². The molecule has 1 aromatic carbocycles. The number of ether oxygens (including phenoxy) is 2. The molecule has 4 aliphatic carbocycles. The lowest BCUT2D eigenvalue weighted by Gasteiger charge is -2.63. The van der Waals surface area contributed by atoms with Crippen molar-refractivity contribution in [3.8, 4) is 0 Å². The lowest BCUT2D eigenvalue weighted by atomic mass is 9.43. The Morgan fingerprint density at radius 3 is 2.55 bits per heavy atom. The van der Waals surface area contributed by atoms with Crippen molar-refractivity contribution in [1.29, 1.82) is 0 Å². The molecule has 38 heavy (non-hydrogen) atoms. The maximum atomic E-state index is 13.4. The minimum Gasteiger partial charge on any atom is -0.469 e. The maximum absolute atomic E-state index is 13.4. The van der Waals surface area contributed by atoms with E-state index in [1.54, 1.807) is 12.1 Å². The van der Waals surface area contributed by atoms with Gasteiger partial charge in [0.2, 0.25) is 0 Å². The Hall–Kier alpha value is -2.21. The quantitative estimate of drug-likeness (QED) is 0.487. The number of hydrogen-bond donors (Lipinski definition) is 1. The molecular weight excluding hydrogens is 480 g/mol. The zero-order valence-corrected chi connectivity index (χ0v) is 23.4. The Balaban J connectivity index is 1.50. The van der Waals surface area contributed by atoms with Crippen LogP contribution in [0.4, 0.5) is 0 Å². The smallest absolute Gasteiger partial charge is 0.338 e. The van der Waals surface area contributed by atoms with Crippen LogP contribution in [0.5, 0.6) is 0 Å². The van der Waals surface area contributed by atoms with Gasteiger partial charge in [0.15, 0.2) is 0 Å². The number of fused-ring (bicyclic) bond motifs is 5. The van der Waals surface area contributed by atoms with Gasteiger partial charge in [0.25, 0.3) is 0 Å². The standard InChI is InChI=1S/C32H44O6/c1-19(10-13-28(35)37-4)23-11-12-24-29-25(31(2)15-14-22(33)16-21(31)17-26(29)34)18-27(32(23,24)3)38-30(36)20-8-6-5-7-9-20/h5-9,19,21,23-27,29,34H,10-18H2,1-4H3/t19?,21-,23?,24?,25?,26?,27-,29?,31-,32+/m0/s1. The highest BCUT2D eigenvalue weighted by molar-refractivity contribution is 5.89. The van der Waals surface area contributed by atoms with Crippen molar-refractivity contribution in [3.05, 3.63) is 35.9 Å². The first-order chi connectivity index (χ1) is 18.1. The Morgan fingerprint density at radius 2 is 1.84 bits per heavy atom. The summed E-state index contributed by atoms with van der Waals surface area (Å²) in [6.45, 7) is 6.83. The molecule has 4 fully saturated rings. The molecule has 0 spiro atoms. The van der Waals surface area contributed by atoms with Crippen molar-refractivity contribution in [2.45, 2.75) is 90.8 Å². The minimum atomic E-state index is -0.441. The fraction of sp³-hybridized carbons (Fsp3) is 0.719. The van der Waals surface area contributed by atoms with E-state index in [9.17, 15) is 19.5 Å². The van der Waals surface area contributed by atoms with Gasteiger partial charge in [0.05, 0.1) is 18.8 Å². The molecule has 5 rings (SSSR count). The van der Waals surface area contributed by atoms with E-state index in [0.717, 1.165) is 25.7 Å². The molecule has 0 radical (unpaired) electrons. The topological polar surface area (TPSA) is 89.9 Å². The average molecular weight is 525 g/mol. The molecule has 6 nitrogen and oxygen atoms in total. The number of Topliss-reactive ketones (excluding diaryl/α,β-unsaturated/α-hetero) is 1. The van der Waals surface area contributed by atoms with Crippen LogP contribution in [0.1, 0.15) is 88.9 Å². The molecule has 6 unspecified atom stereocenters. The molecule has 0 amide bonds. The third-order valence-electron chi connectivity index (χ3n) is 11.6. The summed E-state index contributed by atoms with van der Waals surface area (Å²) in [7, 11) is 1.43. The van der Waals surface area contributed by atoms with Crippen LogP contribution in [0.25, 0.3) is 0 Å². The van der Waals surface area contributed by atoms with Gasteiger partial charge in [0, 0.05) is 24.7 Å². The van der Waals surface area contributed by atoms with Crippen molar-refractivity contribution >= 4 is 17.7 Å². The van der Waals surface area contributed by atoms with Crippen molar-refractivity contribution < 1.29 is 29.0 Å². The number of ketones is 1. The monoisotopic (exact) mass is 524 g/mol. The van der Waals surface area contributed by atoms with Crippen molar-refractivity contribution in [2.75, 3.05) is 7.11 Å². The van der Waals surface area contributed by atoms with Gasteiger partial charge in [0.1, 0.15) is 11.9 Å². The number of benzene rings is 1. The Labute approximate surface area is 226 Å². The number of aliphatic hydroxyl groups excluding tert-OH is 1. The summed E-state index contributed by atoms with van der Waals surface area (Å²) in [5.41, 5.74) is 0.222. The molecule has 6 heteroatoms. The summed E-state index contributed by atoms with van der Waals surface area (Å²) in [6.07, 6.45) is 5.80. The van der Waals surface area contributed by atoms with E-state index < -0.39 is 6.10 Å². The Kier molecular flexibility index (Phi) is 7.49. The van der Waals surface area contributed by atoms with E-state index in [1.165, 1.54) is 7.11 Å². The summed E-state index contributed by atoms with van der Waals surface area (Å²) < 4.78 is 11.4. The van der Waals surface area contributed by atoms with Crippen LogP contribution >= 0.6 is 0 Å². The van der Waals surface area contributed by atoms with Crippen LogP contribution in [-0.4, -0.2) is 42.1 Å². The van der Waals surface area contributed by atoms with Crippen molar-refractivity contribution in [2.24, 2.45) is 46.3 Å². The molecule has 10 atom stereocenters. The van der Waals surface area contributed by atoms with E-state index in [2.05, 4.69) is 20.8 Å². The van der Waals surface area contributed by atoms with E-state index in [4.69, 9.17) is 9.47 Å². The predicted molar refractivity (Wildman–Crippen MR) is 143 cm³/mol. The minimum absolute atomic E-state index is 0.0366. The average Bonchev–Trinajstić information content (AvgIpc) is 3.27. The number of hydrogen-bond acceptors (Lipinski definition) is 6. The van der Waals surface area contributed by atoms with Crippen LogP contribution in [0.3, 0.4) is 0 Å². The van der Waals surface area contributed by atoms with Gasteiger partial charge in [-0.15, -0.1) is 0 Å². The number of aliphatic hydroxyl groups is 1. The number of carbonyl (C=O) groups is 3. The third-order valence-corrected chi connectivity index (χ3v) is 11.6. The second-order valence-electron chi connectivity index (χ2n) is 13.2. The van der Waals surface area contributed by atoms with Crippen LogP contribution in [0.15, 0.2) is 30.3 Å². The van der Waals surface area contributed by atoms with Crippen LogP contribution in [0.2, 0.25) is 0 Å². The van der Waals surface area contributed by atoms with E-state index in [-0.39, 0.29) is 64.4 Å². The molecular formula is C32H44O6. The van der Waals surface area contributed by atoms with E-state index in [1.807, 2.05) is 18.2 Å². The second kappa shape index (κ2) is 10.4. The van der Waals surface area contributed by atoms with Gasteiger partial charge >= 0.3 is 11.9 Å². The van der Waals surface area contributed by atoms with Gasteiger partial charge in [-0.1, -0.05) is 39.0 Å². The molecule has 0 bridgehead atoms. The fourth-order valence-corrected chi connectivity index (χ4v) is 9.51. The van der Waals surface area contributed by atoms with Crippen LogP contribution in [-0.2, 0) is 19.1 Å². The van der Waals surface area contributed by atoms with Gasteiger partial charge in [-0.05, 0) is 91.6 Å². The molecule has 208 valence electrons. The first-order valence-corrected chi connectivity index (χ1v) is 14.6. The van der Waals surface area contributed by atoms with Crippen LogP contribution in [0, 0.1) is 46.3 Å². The zero-order chi connectivity index (χ0) is 27.2. The molecule has 4 saturated carbocycles. The lowest BCUT2D eigenvalue weighted by molar-refractivity contribution is -0.201. The van der Waals surface area contributed by atoms with Crippen molar-refractivity contribution in [3.63, 3.8) is 0 Å². The predicted octanol–water partition coefficient (Wildman–Crippen LogP) is 5.61. The normalized spacial score (nSPS) is 40.9. The molecule has 0 heterocycles. The summed E-state index contributed by atoms with van der Waals surface area (Å²) in [5, 5.41) is 11.6. The summed E-state index contributed by atoms with van der Waals surface area (Å²) in [5.74, 6) is 1.12. The van der Waals surface area contributed by atoms with Crippen molar-refractivity contribution in [1.82, 2.24) is 0 Å². The van der Waals surface area contributed by atoms with Gasteiger partial charge in [-0.3, -0.25) is 9.59 Å². The fourth-order valence-electron chi connectivity index (χ4n) is 9.51. The maximum Gasteiger partial charge on any atom is 0.338 e. The van der Waals surface area contributed by atoms with Gasteiger partial charge in [-0.2, -0.15) is 0 Å². The van der Waals surface area contributed by atoms with E-state index >= 15 is 0 Å². The lowest BCUT2D eigenvalue weighted by Crippen LogP contribution is -2.62. The number of methoxy groups -OCH3 is 1. The highest BCUT2D eigenvalue weighted by Gasteiger charge is 2.66. The van der Waals surface area contributed by atoms with Gasteiger partial charge < -0.3 is 14.6 Å². The summed E-state index contributed by atoms with van der Waals surface area (Å²) in [4.78, 5) is 37.8. The molecule has 0 aromatic heterocycles. The van der Waals surface area contributed by atoms with Gasteiger partial charge in [-0.25, -0.2) is 4.79 Å². The first-order valence-electron chi connectivity index (χ1n) is 14.6. The summed E-state index contributed by atoms with van der Waals surface area (Å²) in [6, 6.07) is 9.20. The number of esters is 2. The Morgan fingerprint density at radius 1 is 1.11 bits per heavy atom.